The largest absolute Gasteiger partial charge is 0.416 e. The highest BCUT2D eigenvalue weighted by Crippen LogP contribution is 2.30. The van der Waals surface area contributed by atoms with Crippen molar-refractivity contribution in [1.82, 2.24) is 19.7 Å². The van der Waals surface area contributed by atoms with Crippen LogP contribution in [0.2, 0.25) is 0 Å². The SMILES string of the molecule is O=C(Nc1cnn(-c2cccc(C(F)(F)F)c2)c1)c1cnccn1. The molecule has 0 saturated carbocycles. The third-order valence-corrected chi connectivity index (χ3v) is 3.07. The number of benzene rings is 1. The predicted molar refractivity (Wildman–Crippen MR) is 78.6 cm³/mol. The molecule has 0 radical (unpaired) electrons. The van der Waals surface area contributed by atoms with E-state index in [9.17, 15) is 18.0 Å². The highest BCUT2D eigenvalue weighted by atomic mass is 19.4. The van der Waals surface area contributed by atoms with E-state index in [4.69, 9.17) is 0 Å². The quantitative estimate of drug-likeness (QED) is 0.800. The smallest absolute Gasteiger partial charge is 0.318 e. The van der Waals surface area contributed by atoms with E-state index in [-0.39, 0.29) is 11.4 Å². The molecular formula is C15H10F3N5O. The second-order valence-electron chi connectivity index (χ2n) is 4.77. The van der Waals surface area contributed by atoms with Crippen molar-refractivity contribution < 1.29 is 18.0 Å². The fourth-order valence-corrected chi connectivity index (χ4v) is 1.96. The molecule has 3 aromatic rings. The topological polar surface area (TPSA) is 72.7 Å². The van der Waals surface area contributed by atoms with E-state index in [2.05, 4.69) is 20.4 Å². The van der Waals surface area contributed by atoms with Gasteiger partial charge in [0.2, 0.25) is 0 Å². The number of halogens is 3. The van der Waals surface area contributed by atoms with Crippen molar-refractivity contribution in [2.45, 2.75) is 6.18 Å². The lowest BCUT2D eigenvalue weighted by Crippen LogP contribution is -2.13. The maximum Gasteiger partial charge on any atom is 0.416 e. The summed E-state index contributed by atoms with van der Waals surface area (Å²) in [7, 11) is 0. The molecule has 0 unspecified atom stereocenters. The molecule has 0 fully saturated rings. The summed E-state index contributed by atoms with van der Waals surface area (Å²) >= 11 is 0. The zero-order valence-corrected chi connectivity index (χ0v) is 12.0. The van der Waals surface area contributed by atoms with Crippen LogP contribution >= 0.6 is 0 Å². The molecule has 2 heterocycles. The number of hydrogen-bond donors (Lipinski definition) is 1. The molecule has 0 aliphatic rings. The van der Waals surface area contributed by atoms with Gasteiger partial charge in [0, 0.05) is 12.4 Å². The number of carbonyl (C=O) groups excluding carboxylic acids is 1. The van der Waals surface area contributed by atoms with Crippen molar-refractivity contribution in [2.75, 3.05) is 5.32 Å². The first-order valence-electron chi connectivity index (χ1n) is 6.73. The minimum absolute atomic E-state index is 0.115. The second-order valence-corrected chi connectivity index (χ2v) is 4.77. The number of amides is 1. The van der Waals surface area contributed by atoms with Gasteiger partial charge in [-0.1, -0.05) is 6.07 Å². The lowest BCUT2D eigenvalue weighted by Gasteiger charge is -2.08. The summed E-state index contributed by atoms with van der Waals surface area (Å²) in [6.45, 7) is 0. The van der Waals surface area contributed by atoms with Crippen molar-refractivity contribution in [3.8, 4) is 5.69 Å². The van der Waals surface area contributed by atoms with Gasteiger partial charge in [0.25, 0.3) is 5.91 Å². The van der Waals surface area contributed by atoms with Crippen LogP contribution in [0.15, 0.2) is 55.2 Å². The molecular weight excluding hydrogens is 323 g/mol. The van der Waals surface area contributed by atoms with Gasteiger partial charge in [0.15, 0.2) is 0 Å². The normalized spacial score (nSPS) is 11.3. The number of nitrogens with one attached hydrogen (secondary N) is 1. The average Bonchev–Trinajstić information content (AvgIpc) is 3.03. The number of hydrogen-bond acceptors (Lipinski definition) is 4. The fraction of sp³-hybridized carbons (Fsp3) is 0.0667. The Hall–Kier alpha value is -3.23. The van der Waals surface area contributed by atoms with Crippen molar-refractivity contribution in [3.63, 3.8) is 0 Å². The molecule has 9 heteroatoms. The van der Waals surface area contributed by atoms with E-state index in [1.165, 1.54) is 47.8 Å². The lowest BCUT2D eigenvalue weighted by molar-refractivity contribution is -0.137. The van der Waals surface area contributed by atoms with Crippen LogP contribution in [-0.2, 0) is 6.18 Å². The molecule has 0 saturated heterocycles. The van der Waals surface area contributed by atoms with Gasteiger partial charge in [-0.05, 0) is 18.2 Å². The van der Waals surface area contributed by atoms with Gasteiger partial charge in [0.05, 0.1) is 35.5 Å². The Labute approximate surface area is 134 Å². The third-order valence-electron chi connectivity index (χ3n) is 3.07. The molecule has 1 aromatic carbocycles. The number of rotatable bonds is 3. The van der Waals surface area contributed by atoms with Crippen LogP contribution in [0.4, 0.5) is 18.9 Å². The van der Waals surface area contributed by atoms with Crippen LogP contribution in [0.5, 0.6) is 0 Å². The van der Waals surface area contributed by atoms with Crippen molar-refractivity contribution in [2.24, 2.45) is 0 Å². The van der Waals surface area contributed by atoms with Crippen molar-refractivity contribution in [3.05, 3.63) is 66.5 Å². The molecule has 0 aliphatic carbocycles. The first kappa shape index (κ1) is 15.7. The van der Waals surface area contributed by atoms with Gasteiger partial charge in [-0.15, -0.1) is 0 Å². The molecule has 0 spiro atoms. The summed E-state index contributed by atoms with van der Waals surface area (Å²) in [5.41, 5.74) is -0.113. The van der Waals surface area contributed by atoms with Gasteiger partial charge in [-0.25, -0.2) is 9.67 Å². The Balaban J connectivity index is 1.80. The van der Waals surface area contributed by atoms with E-state index in [0.29, 0.717) is 5.69 Å². The number of carbonyl (C=O) groups is 1. The van der Waals surface area contributed by atoms with Crippen LogP contribution in [0, 0.1) is 0 Å². The number of nitrogens with zero attached hydrogens (tertiary/aromatic N) is 4. The van der Waals surface area contributed by atoms with Gasteiger partial charge >= 0.3 is 6.18 Å². The van der Waals surface area contributed by atoms with E-state index >= 15 is 0 Å². The zero-order chi connectivity index (χ0) is 17.2. The molecule has 1 N–H and O–H groups in total. The Morgan fingerprint density at radius 1 is 1.17 bits per heavy atom. The Kier molecular flexibility index (Phi) is 3.98. The summed E-state index contributed by atoms with van der Waals surface area (Å²) < 4.78 is 39.5. The van der Waals surface area contributed by atoms with Crippen molar-refractivity contribution in [1.29, 1.82) is 0 Å². The number of aromatic nitrogens is 4. The average molecular weight is 333 g/mol. The van der Waals surface area contributed by atoms with E-state index < -0.39 is 17.6 Å². The molecule has 24 heavy (non-hydrogen) atoms. The lowest BCUT2D eigenvalue weighted by atomic mass is 10.2. The fourth-order valence-electron chi connectivity index (χ4n) is 1.96. The van der Waals surface area contributed by atoms with Gasteiger partial charge < -0.3 is 5.32 Å². The predicted octanol–water partition coefficient (Wildman–Crippen LogP) is 2.93. The molecule has 0 bridgehead atoms. The molecule has 1 amide bonds. The zero-order valence-electron chi connectivity index (χ0n) is 12.0. The summed E-state index contributed by atoms with van der Waals surface area (Å²) in [4.78, 5) is 19.6. The van der Waals surface area contributed by atoms with Crippen molar-refractivity contribution >= 4 is 11.6 Å². The third kappa shape index (κ3) is 3.40. The standard InChI is InChI=1S/C15H10F3N5O/c16-15(17,18)10-2-1-3-12(6-10)23-9-11(7-21-23)22-14(24)13-8-19-4-5-20-13/h1-9H,(H,22,24). The Morgan fingerprint density at radius 3 is 2.71 bits per heavy atom. The minimum atomic E-state index is -4.44. The first-order valence-corrected chi connectivity index (χ1v) is 6.73. The summed E-state index contributed by atoms with van der Waals surface area (Å²) in [6.07, 6.45) is 2.40. The molecule has 122 valence electrons. The van der Waals surface area contributed by atoms with Gasteiger partial charge in [0.1, 0.15) is 5.69 Å². The highest BCUT2D eigenvalue weighted by molar-refractivity contribution is 6.02. The maximum atomic E-state index is 12.7. The maximum absolute atomic E-state index is 12.7. The first-order chi connectivity index (χ1) is 11.4. The molecule has 3 rings (SSSR count). The summed E-state index contributed by atoms with van der Waals surface area (Å²) in [5, 5.41) is 6.50. The van der Waals surface area contributed by atoms with Crippen LogP contribution in [0.1, 0.15) is 16.1 Å². The molecule has 2 aromatic heterocycles. The number of anilines is 1. The molecule has 6 nitrogen and oxygen atoms in total. The van der Waals surface area contributed by atoms with E-state index in [0.717, 1.165) is 12.1 Å². The Morgan fingerprint density at radius 2 is 2.00 bits per heavy atom. The van der Waals surface area contributed by atoms with E-state index in [1.807, 2.05) is 0 Å². The molecule has 0 atom stereocenters. The monoisotopic (exact) mass is 333 g/mol. The second kappa shape index (κ2) is 6.11. The Bertz CT molecular complexity index is 861. The molecule has 0 aliphatic heterocycles. The van der Waals surface area contributed by atoms with Gasteiger partial charge in [-0.2, -0.15) is 18.3 Å². The van der Waals surface area contributed by atoms with Crippen LogP contribution in [0.3, 0.4) is 0 Å². The number of alkyl halides is 3. The van der Waals surface area contributed by atoms with E-state index in [1.54, 1.807) is 0 Å². The van der Waals surface area contributed by atoms with Crippen LogP contribution in [0.25, 0.3) is 5.69 Å². The summed E-state index contributed by atoms with van der Waals surface area (Å²) in [6, 6.07) is 4.72. The van der Waals surface area contributed by atoms with Crippen LogP contribution < -0.4 is 5.32 Å². The highest BCUT2D eigenvalue weighted by Gasteiger charge is 2.30. The summed E-state index contributed by atoms with van der Waals surface area (Å²) in [5.74, 6) is -0.494. The minimum Gasteiger partial charge on any atom is -0.318 e. The van der Waals surface area contributed by atoms with Gasteiger partial charge in [-0.3, -0.25) is 9.78 Å². The van der Waals surface area contributed by atoms with Crippen LogP contribution in [-0.4, -0.2) is 25.7 Å².